The molecule has 4 heterocycles. The normalized spacial score (nSPS) is 11.7. The molecule has 0 amide bonds. The molecule has 0 radical (unpaired) electrons. The van der Waals surface area contributed by atoms with Crippen LogP contribution in [-0.4, -0.2) is 35.3 Å². The zero-order valence-electron chi connectivity index (χ0n) is 17.5. The van der Waals surface area contributed by atoms with Gasteiger partial charge in [0.25, 0.3) is 0 Å². The molecule has 154 valence electrons. The maximum atomic E-state index is 5.40. The summed E-state index contributed by atoms with van der Waals surface area (Å²) < 4.78 is 3.75. The number of hydrogen-bond acceptors (Lipinski definition) is 6. The monoisotopic (exact) mass is 411 g/mol. The molecule has 31 heavy (non-hydrogen) atoms. The number of hydrogen-bond donors (Lipinski definition) is 0. The van der Waals surface area contributed by atoms with Gasteiger partial charge in [-0.3, -0.25) is 4.57 Å². The summed E-state index contributed by atoms with van der Waals surface area (Å²) in [5.41, 5.74) is 5.63. The molecule has 0 aliphatic rings. The van der Waals surface area contributed by atoms with Crippen LogP contribution in [-0.2, 0) is 11.4 Å². The predicted octanol–water partition coefficient (Wildman–Crippen LogP) is 3.94. The second-order valence-electron chi connectivity index (χ2n) is 7.34. The minimum Gasteiger partial charge on any atom is -0.387 e. The van der Waals surface area contributed by atoms with Crippen molar-refractivity contribution in [3.8, 4) is 5.82 Å². The van der Waals surface area contributed by atoms with Gasteiger partial charge in [0, 0.05) is 11.4 Å². The van der Waals surface area contributed by atoms with Crippen LogP contribution in [0.4, 0.5) is 0 Å². The van der Waals surface area contributed by atoms with Crippen molar-refractivity contribution in [2.75, 3.05) is 0 Å². The van der Waals surface area contributed by atoms with Crippen LogP contribution in [0.1, 0.15) is 28.3 Å². The van der Waals surface area contributed by atoms with E-state index in [1.54, 1.807) is 17.1 Å². The molecule has 4 aromatic heterocycles. The lowest BCUT2D eigenvalue weighted by atomic mass is 10.2. The zero-order chi connectivity index (χ0) is 21.4. The summed E-state index contributed by atoms with van der Waals surface area (Å²) in [7, 11) is 0. The Morgan fingerprint density at radius 3 is 2.61 bits per heavy atom. The minimum atomic E-state index is 0.171. The van der Waals surface area contributed by atoms with E-state index in [0.29, 0.717) is 5.82 Å². The number of benzene rings is 1. The molecule has 0 saturated heterocycles. The number of pyridine rings is 1. The predicted molar refractivity (Wildman–Crippen MR) is 118 cm³/mol. The van der Waals surface area contributed by atoms with E-state index in [-0.39, 0.29) is 6.61 Å². The van der Waals surface area contributed by atoms with Crippen LogP contribution in [0.3, 0.4) is 0 Å². The molecule has 8 nitrogen and oxygen atoms in total. The fraction of sp³-hybridized carbons (Fsp3) is 0.174. The summed E-state index contributed by atoms with van der Waals surface area (Å²) in [4.78, 5) is 19.4. The van der Waals surface area contributed by atoms with Crippen molar-refractivity contribution in [2.45, 2.75) is 27.4 Å². The summed E-state index contributed by atoms with van der Waals surface area (Å²) in [6.07, 6.45) is 3.34. The largest absolute Gasteiger partial charge is 0.387 e. The fourth-order valence-electron chi connectivity index (χ4n) is 3.63. The third kappa shape index (κ3) is 3.42. The van der Waals surface area contributed by atoms with Gasteiger partial charge in [-0.15, -0.1) is 5.10 Å². The van der Waals surface area contributed by atoms with Crippen LogP contribution < -0.4 is 0 Å². The van der Waals surface area contributed by atoms with Crippen molar-refractivity contribution < 1.29 is 4.84 Å². The fourth-order valence-corrected chi connectivity index (χ4v) is 3.63. The van der Waals surface area contributed by atoms with Gasteiger partial charge in [-0.25, -0.2) is 19.5 Å². The Morgan fingerprint density at radius 2 is 1.81 bits per heavy atom. The molecular formula is C23H21N7O. The van der Waals surface area contributed by atoms with Crippen LogP contribution >= 0.6 is 0 Å². The Hall–Kier alpha value is -4.07. The Balaban J connectivity index is 1.50. The highest BCUT2D eigenvalue weighted by Crippen LogP contribution is 2.29. The van der Waals surface area contributed by atoms with E-state index in [1.165, 1.54) is 0 Å². The van der Waals surface area contributed by atoms with Gasteiger partial charge < -0.3 is 4.84 Å². The van der Waals surface area contributed by atoms with Crippen molar-refractivity contribution in [3.05, 3.63) is 83.2 Å². The van der Waals surface area contributed by atoms with Gasteiger partial charge in [0.05, 0.1) is 11.6 Å². The van der Waals surface area contributed by atoms with Crippen LogP contribution in [0.15, 0.2) is 60.0 Å². The highest BCUT2D eigenvalue weighted by molar-refractivity contribution is 5.94. The maximum Gasteiger partial charge on any atom is 0.192 e. The molecule has 1 aromatic carbocycles. The van der Waals surface area contributed by atoms with E-state index >= 15 is 0 Å². The van der Waals surface area contributed by atoms with E-state index in [1.807, 2.05) is 55.5 Å². The van der Waals surface area contributed by atoms with Crippen molar-refractivity contribution in [1.29, 1.82) is 0 Å². The van der Waals surface area contributed by atoms with Gasteiger partial charge in [0.1, 0.15) is 12.1 Å². The van der Waals surface area contributed by atoms with Gasteiger partial charge >= 0.3 is 0 Å². The SMILES string of the molecule is Cc1cccc(-n2c(C)c(C)c3c2ncn2nc(CO/N=C\c4ccccc4)nc32)n1. The van der Waals surface area contributed by atoms with Crippen LogP contribution in [0.25, 0.3) is 22.5 Å². The highest BCUT2D eigenvalue weighted by Gasteiger charge is 2.19. The lowest BCUT2D eigenvalue weighted by molar-refractivity contribution is 0.126. The molecule has 5 rings (SSSR count). The van der Waals surface area contributed by atoms with Gasteiger partial charge in [0.15, 0.2) is 23.7 Å². The van der Waals surface area contributed by atoms with E-state index in [4.69, 9.17) is 9.82 Å². The Morgan fingerprint density at radius 1 is 0.968 bits per heavy atom. The molecule has 8 heteroatoms. The number of rotatable bonds is 5. The lowest BCUT2D eigenvalue weighted by Crippen LogP contribution is -2.02. The Kier molecular flexibility index (Phi) is 4.66. The number of aryl methyl sites for hydroxylation is 2. The van der Waals surface area contributed by atoms with E-state index in [0.717, 1.165) is 45.0 Å². The first kappa shape index (κ1) is 18.9. The van der Waals surface area contributed by atoms with E-state index in [9.17, 15) is 0 Å². The van der Waals surface area contributed by atoms with Crippen molar-refractivity contribution in [2.24, 2.45) is 5.16 Å². The topological polar surface area (TPSA) is 82.5 Å². The van der Waals surface area contributed by atoms with Gasteiger partial charge in [-0.1, -0.05) is 41.6 Å². The number of aromatic nitrogens is 6. The van der Waals surface area contributed by atoms with Crippen molar-refractivity contribution in [3.63, 3.8) is 0 Å². The summed E-state index contributed by atoms with van der Waals surface area (Å²) >= 11 is 0. The first-order valence-corrected chi connectivity index (χ1v) is 9.98. The molecule has 0 saturated carbocycles. The summed E-state index contributed by atoms with van der Waals surface area (Å²) in [5, 5.41) is 9.46. The number of fused-ring (bicyclic) bond motifs is 3. The Bertz CT molecular complexity index is 1420. The molecule has 0 unspecified atom stereocenters. The second-order valence-corrected chi connectivity index (χ2v) is 7.34. The van der Waals surface area contributed by atoms with Gasteiger partial charge in [-0.2, -0.15) is 0 Å². The van der Waals surface area contributed by atoms with E-state index in [2.05, 4.69) is 38.6 Å². The molecule has 0 aliphatic heterocycles. The molecule has 0 fully saturated rings. The second kappa shape index (κ2) is 7.64. The smallest absolute Gasteiger partial charge is 0.192 e. The molecule has 0 spiro atoms. The van der Waals surface area contributed by atoms with Crippen molar-refractivity contribution >= 4 is 22.9 Å². The van der Waals surface area contributed by atoms with Gasteiger partial charge in [-0.05, 0) is 44.0 Å². The first-order chi connectivity index (χ1) is 15.1. The van der Waals surface area contributed by atoms with E-state index < -0.39 is 0 Å². The first-order valence-electron chi connectivity index (χ1n) is 9.98. The third-order valence-corrected chi connectivity index (χ3v) is 5.25. The number of oxime groups is 1. The summed E-state index contributed by atoms with van der Waals surface area (Å²) in [6, 6.07) is 15.7. The van der Waals surface area contributed by atoms with Gasteiger partial charge in [0.2, 0.25) is 0 Å². The molecule has 0 atom stereocenters. The summed E-state index contributed by atoms with van der Waals surface area (Å²) in [6.45, 7) is 6.29. The molecular weight excluding hydrogens is 390 g/mol. The van der Waals surface area contributed by atoms with Crippen LogP contribution in [0, 0.1) is 20.8 Å². The zero-order valence-corrected chi connectivity index (χ0v) is 17.5. The minimum absolute atomic E-state index is 0.171. The summed E-state index contributed by atoms with van der Waals surface area (Å²) in [5.74, 6) is 1.38. The van der Waals surface area contributed by atoms with Crippen LogP contribution in [0.5, 0.6) is 0 Å². The molecule has 0 bridgehead atoms. The van der Waals surface area contributed by atoms with Crippen molar-refractivity contribution in [1.82, 2.24) is 29.1 Å². The lowest BCUT2D eigenvalue weighted by Gasteiger charge is -2.07. The third-order valence-electron chi connectivity index (χ3n) is 5.25. The quantitative estimate of drug-likeness (QED) is 0.323. The maximum absolute atomic E-state index is 5.40. The Labute approximate surface area is 178 Å². The molecule has 0 N–H and O–H groups in total. The standard InChI is InChI=1S/C23H21N7O/c1-15-8-7-11-20(26-15)30-17(3)16(2)21-22(30)24-14-29-23(21)27-19(28-29)13-31-25-12-18-9-5-4-6-10-18/h4-12,14H,13H2,1-3H3/b25-12-. The number of nitrogens with zero attached hydrogens (tertiary/aromatic N) is 7. The molecule has 0 aliphatic carbocycles. The highest BCUT2D eigenvalue weighted by atomic mass is 16.6. The molecule has 5 aromatic rings. The van der Waals surface area contributed by atoms with Crippen LogP contribution in [0.2, 0.25) is 0 Å². The average Bonchev–Trinajstić information content (AvgIpc) is 3.30. The average molecular weight is 411 g/mol.